The topological polar surface area (TPSA) is 41.6 Å². The molecule has 1 amide bonds. The minimum atomic E-state index is -0.284. The third-order valence-corrected chi connectivity index (χ3v) is 3.88. The van der Waals surface area contributed by atoms with E-state index < -0.39 is 0 Å². The summed E-state index contributed by atoms with van der Waals surface area (Å²) in [7, 11) is 0. The average Bonchev–Trinajstić information content (AvgIpc) is 2.93. The molecule has 3 rings (SSSR count). The van der Waals surface area contributed by atoms with Gasteiger partial charge >= 0.3 is 6.09 Å². The number of rotatable bonds is 4. The van der Waals surface area contributed by atoms with Crippen LogP contribution < -0.4 is 10.2 Å². The van der Waals surface area contributed by atoms with Crippen LogP contribution >= 0.6 is 15.9 Å². The van der Waals surface area contributed by atoms with Crippen molar-refractivity contribution in [3.63, 3.8) is 0 Å². The molecule has 4 nitrogen and oxygen atoms in total. The van der Waals surface area contributed by atoms with Crippen LogP contribution in [0, 0.1) is 0 Å². The van der Waals surface area contributed by atoms with Crippen molar-refractivity contribution in [3.05, 3.63) is 58.6 Å². The molecule has 1 aliphatic heterocycles. The maximum Gasteiger partial charge on any atom is 0.414 e. The molecule has 1 fully saturated rings. The Kier molecular flexibility index (Phi) is 4.10. The highest BCUT2D eigenvalue weighted by atomic mass is 79.9. The van der Waals surface area contributed by atoms with Crippen LogP contribution in [0.2, 0.25) is 0 Å². The number of anilines is 2. The Morgan fingerprint density at radius 3 is 2.62 bits per heavy atom. The Bertz CT molecular complexity index is 643. The lowest BCUT2D eigenvalue weighted by Gasteiger charge is -2.18. The van der Waals surface area contributed by atoms with E-state index in [-0.39, 0.29) is 6.09 Å². The summed E-state index contributed by atoms with van der Waals surface area (Å²) in [5.41, 5.74) is 2.97. The average molecular weight is 347 g/mol. The van der Waals surface area contributed by atoms with Crippen molar-refractivity contribution in [1.82, 2.24) is 0 Å². The molecular weight excluding hydrogens is 332 g/mol. The molecule has 5 heteroatoms. The van der Waals surface area contributed by atoms with Gasteiger partial charge in [-0.25, -0.2) is 4.79 Å². The van der Waals surface area contributed by atoms with Gasteiger partial charge in [0, 0.05) is 11.0 Å². The van der Waals surface area contributed by atoms with E-state index in [2.05, 4.69) is 33.4 Å². The Balaban J connectivity index is 1.76. The van der Waals surface area contributed by atoms with Crippen LogP contribution in [0.15, 0.2) is 53.0 Å². The Morgan fingerprint density at radius 1 is 1.14 bits per heavy atom. The zero-order chi connectivity index (χ0) is 14.7. The largest absolute Gasteiger partial charge is 0.447 e. The van der Waals surface area contributed by atoms with E-state index in [1.165, 1.54) is 5.56 Å². The molecule has 1 saturated heterocycles. The molecule has 0 radical (unpaired) electrons. The molecule has 2 aromatic carbocycles. The molecule has 0 spiro atoms. The fourth-order valence-electron chi connectivity index (χ4n) is 2.27. The number of carbonyl (C=O) groups is 1. The first-order valence-electron chi connectivity index (χ1n) is 6.76. The van der Waals surface area contributed by atoms with Gasteiger partial charge in [-0.2, -0.15) is 0 Å². The predicted octanol–water partition coefficient (Wildman–Crippen LogP) is 4.02. The molecule has 21 heavy (non-hydrogen) atoms. The van der Waals surface area contributed by atoms with Gasteiger partial charge in [0.25, 0.3) is 0 Å². The molecule has 1 heterocycles. The summed E-state index contributed by atoms with van der Waals surface area (Å²) in [5, 5.41) is 3.38. The molecule has 1 N–H and O–H groups in total. The molecule has 0 unspecified atom stereocenters. The summed E-state index contributed by atoms with van der Waals surface area (Å²) in [5.74, 6) is 0. The van der Waals surface area contributed by atoms with Crippen LogP contribution in [0.5, 0.6) is 0 Å². The van der Waals surface area contributed by atoms with Crippen LogP contribution in [0.3, 0.4) is 0 Å². The molecule has 0 atom stereocenters. The van der Waals surface area contributed by atoms with Crippen LogP contribution in [0.4, 0.5) is 16.2 Å². The third kappa shape index (κ3) is 3.19. The van der Waals surface area contributed by atoms with E-state index in [1.807, 2.05) is 36.4 Å². The first kappa shape index (κ1) is 13.9. The van der Waals surface area contributed by atoms with E-state index in [9.17, 15) is 4.79 Å². The number of hydrogen-bond acceptors (Lipinski definition) is 3. The van der Waals surface area contributed by atoms with Gasteiger partial charge in [-0.05, 0) is 29.8 Å². The lowest BCUT2D eigenvalue weighted by Crippen LogP contribution is -2.24. The zero-order valence-electron chi connectivity index (χ0n) is 11.4. The van der Waals surface area contributed by atoms with Crippen LogP contribution in [-0.4, -0.2) is 19.2 Å². The summed E-state index contributed by atoms with van der Waals surface area (Å²) < 4.78 is 6.07. The van der Waals surface area contributed by atoms with Crippen LogP contribution in [0.1, 0.15) is 5.56 Å². The van der Waals surface area contributed by atoms with Gasteiger partial charge in [0.1, 0.15) is 6.61 Å². The van der Waals surface area contributed by atoms with E-state index >= 15 is 0 Å². The molecule has 0 saturated carbocycles. The van der Waals surface area contributed by atoms with Gasteiger partial charge in [-0.1, -0.05) is 40.2 Å². The molecule has 0 bridgehead atoms. The predicted molar refractivity (Wildman–Crippen MR) is 86.6 cm³/mol. The van der Waals surface area contributed by atoms with Gasteiger partial charge in [0.2, 0.25) is 0 Å². The number of benzene rings is 2. The molecule has 0 aromatic heterocycles. The van der Waals surface area contributed by atoms with Crippen molar-refractivity contribution in [2.24, 2.45) is 0 Å². The molecule has 2 aromatic rings. The maximum absolute atomic E-state index is 11.7. The standard InChI is InChI=1S/C16H15BrN2O2/c17-13-7-5-12(6-8-13)11-18-14-3-1-2-4-15(14)19-9-10-21-16(19)20/h1-8,18H,9-11H2. The quantitative estimate of drug-likeness (QED) is 0.908. The summed E-state index contributed by atoms with van der Waals surface area (Å²) in [6, 6.07) is 15.9. The van der Waals surface area contributed by atoms with Crippen LogP contribution in [0.25, 0.3) is 0 Å². The van der Waals surface area contributed by atoms with Crippen molar-refractivity contribution < 1.29 is 9.53 Å². The van der Waals surface area contributed by atoms with Crippen molar-refractivity contribution in [2.45, 2.75) is 6.54 Å². The zero-order valence-corrected chi connectivity index (χ0v) is 13.0. The second-order valence-electron chi connectivity index (χ2n) is 4.76. The van der Waals surface area contributed by atoms with Crippen molar-refractivity contribution >= 4 is 33.4 Å². The Morgan fingerprint density at radius 2 is 1.90 bits per heavy atom. The number of carbonyl (C=O) groups excluding carboxylic acids is 1. The van der Waals surface area contributed by atoms with E-state index in [0.29, 0.717) is 19.7 Å². The van der Waals surface area contributed by atoms with Gasteiger partial charge in [-0.3, -0.25) is 4.90 Å². The summed E-state index contributed by atoms with van der Waals surface area (Å²) in [4.78, 5) is 13.4. The molecule has 108 valence electrons. The number of nitrogens with zero attached hydrogens (tertiary/aromatic N) is 1. The number of amides is 1. The summed E-state index contributed by atoms with van der Waals surface area (Å²) in [6.07, 6.45) is -0.284. The van der Waals surface area contributed by atoms with Gasteiger partial charge in [0.15, 0.2) is 0 Å². The van der Waals surface area contributed by atoms with Crippen molar-refractivity contribution in [1.29, 1.82) is 0 Å². The van der Waals surface area contributed by atoms with Gasteiger partial charge in [0.05, 0.1) is 17.9 Å². The lowest BCUT2D eigenvalue weighted by atomic mass is 10.2. The molecular formula is C16H15BrN2O2. The number of cyclic esters (lactones) is 1. The Labute approximate surface area is 131 Å². The second kappa shape index (κ2) is 6.18. The third-order valence-electron chi connectivity index (χ3n) is 3.35. The number of ether oxygens (including phenoxy) is 1. The number of halogens is 1. The molecule has 0 aliphatic carbocycles. The number of nitrogens with one attached hydrogen (secondary N) is 1. The van der Waals surface area contributed by atoms with E-state index in [0.717, 1.165) is 15.8 Å². The highest BCUT2D eigenvalue weighted by Gasteiger charge is 2.25. The summed E-state index contributed by atoms with van der Waals surface area (Å²) >= 11 is 3.43. The highest BCUT2D eigenvalue weighted by molar-refractivity contribution is 9.10. The van der Waals surface area contributed by atoms with Crippen molar-refractivity contribution in [3.8, 4) is 0 Å². The fourth-order valence-corrected chi connectivity index (χ4v) is 2.53. The first-order chi connectivity index (χ1) is 10.2. The van der Waals surface area contributed by atoms with E-state index in [1.54, 1.807) is 4.90 Å². The minimum absolute atomic E-state index is 0.284. The number of para-hydroxylation sites is 2. The normalized spacial score (nSPS) is 14.1. The monoisotopic (exact) mass is 346 g/mol. The summed E-state index contributed by atoms with van der Waals surface area (Å²) in [6.45, 7) is 1.74. The highest BCUT2D eigenvalue weighted by Crippen LogP contribution is 2.28. The maximum atomic E-state index is 11.7. The lowest BCUT2D eigenvalue weighted by molar-refractivity contribution is 0.181. The van der Waals surface area contributed by atoms with Crippen molar-refractivity contribution in [2.75, 3.05) is 23.4 Å². The second-order valence-corrected chi connectivity index (χ2v) is 5.68. The fraction of sp³-hybridized carbons (Fsp3) is 0.188. The smallest absolute Gasteiger partial charge is 0.414 e. The van der Waals surface area contributed by atoms with Crippen LogP contribution in [-0.2, 0) is 11.3 Å². The van der Waals surface area contributed by atoms with Gasteiger partial charge < -0.3 is 10.1 Å². The van der Waals surface area contributed by atoms with Gasteiger partial charge in [-0.15, -0.1) is 0 Å². The minimum Gasteiger partial charge on any atom is -0.447 e. The number of hydrogen-bond donors (Lipinski definition) is 1. The SMILES string of the molecule is O=C1OCCN1c1ccccc1NCc1ccc(Br)cc1. The first-order valence-corrected chi connectivity index (χ1v) is 7.55. The Hall–Kier alpha value is -2.01. The van der Waals surface area contributed by atoms with E-state index in [4.69, 9.17) is 4.74 Å². The molecule has 1 aliphatic rings.